The third kappa shape index (κ3) is 4.92. The van der Waals surface area contributed by atoms with Crippen LogP contribution in [0.3, 0.4) is 0 Å². The fourth-order valence-electron chi connectivity index (χ4n) is 2.54. The fourth-order valence-corrected chi connectivity index (χ4v) is 3.49. The van der Waals surface area contributed by atoms with Crippen LogP contribution in [-0.2, 0) is 21.4 Å². The summed E-state index contributed by atoms with van der Waals surface area (Å²) in [6.45, 7) is 7.91. The minimum absolute atomic E-state index is 0.141. The number of furan rings is 1. The number of nitrogens with zero attached hydrogens (tertiary/aromatic N) is 2. The first-order valence-electron chi connectivity index (χ1n) is 9.25. The molecular weight excluding hydrogens is 394 g/mol. The first kappa shape index (κ1) is 20.8. The standard InChI is InChI=1S/C20H23N3O5S/c1-5-26-18(25)16-12(13-7-6-10-27-13)11-29-17(16)21-14(24)8-9-15-22-19(23-28-15)20(2,3)4/h6-7,10-11H,5,8-9H2,1-4H3,(H,21,24). The lowest BCUT2D eigenvalue weighted by Crippen LogP contribution is -2.15. The molecule has 8 nitrogen and oxygen atoms in total. The van der Waals surface area contributed by atoms with Crippen molar-refractivity contribution in [3.63, 3.8) is 0 Å². The van der Waals surface area contributed by atoms with Gasteiger partial charge in [0.15, 0.2) is 5.82 Å². The summed E-state index contributed by atoms with van der Waals surface area (Å²) in [6.07, 6.45) is 1.97. The zero-order valence-electron chi connectivity index (χ0n) is 16.8. The zero-order valence-corrected chi connectivity index (χ0v) is 17.6. The molecule has 29 heavy (non-hydrogen) atoms. The third-order valence-corrected chi connectivity index (χ3v) is 4.91. The molecule has 0 bridgehead atoms. The quantitative estimate of drug-likeness (QED) is 0.566. The van der Waals surface area contributed by atoms with Crippen molar-refractivity contribution in [2.45, 2.75) is 46.0 Å². The lowest BCUT2D eigenvalue weighted by atomic mass is 9.96. The number of aromatic nitrogens is 2. The van der Waals surface area contributed by atoms with Gasteiger partial charge in [-0.15, -0.1) is 11.3 Å². The molecule has 0 spiro atoms. The van der Waals surface area contributed by atoms with E-state index in [2.05, 4.69) is 15.5 Å². The van der Waals surface area contributed by atoms with E-state index in [1.54, 1.807) is 24.4 Å². The molecule has 0 radical (unpaired) electrons. The van der Waals surface area contributed by atoms with Crippen molar-refractivity contribution < 1.29 is 23.3 Å². The first-order chi connectivity index (χ1) is 13.8. The smallest absolute Gasteiger partial charge is 0.341 e. The molecule has 0 aromatic carbocycles. The van der Waals surface area contributed by atoms with Gasteiger partial charge in [-0.3, -0.25) is 4.79 Å². The molecule has 0 aliphatic rings. The van der Waals surface area contributed by atoms with Crippen molar-refractivity contribution in [1.29, 1.82) is 0 Å². The predicted octanol–water partition coefficient (Wildman–Crippen LogP) is 4.44. The molecule has 1 N–H and O–H groups in total. The Labute approximate surface area is 172 Å². The van der Waals surface area contributed by atoms with Gasteiger partial charge in [0, 0.05) is 29.2 Å². The number of rotatable bonds is 7. The van der Waals surface area contributed by atoms with Crippen LogP contribution in [0.15, 0.2) is 32.7 Å². The molecule has 0 saturated carbocycles. The number of carbonyl (C=O) groups excluding carboxylic acids is 2. The number of ether oxygens (including phenoxy) is 1. The van der Waals surface area contributed by atoms with Gasteiger partial charge in [0.1, 0.15) is 16.3 Å². The lowest BCUT2D eigenvalue weighted by Gasteiger charge is -2.10. The molecule has 0 aliphatic heterocycles. The third-order valence-electron chi connectivity index (χ3n) is 4.02. The van der Waals surface area contributed by atoms with E-state index in [1.807, 2.05) is 20.8 Å². The summed E-state index contributed by atoms with van der Waals surface area (Å²) in [4.78, 5) is 29.2. The van der Waals surface area contributed by atoms with E-state index < -0.39 is 5.97 Å². The number of hydrogen-bond donors (Lipinski definition) is 1. The van der Waals surface area contributed by atoms with Gasteiger partial charge in [-0.2, -0.15) is 4.98 Å². The summed E-state index contributed by atoms with van der Waals surface area (Å²) < 4.78 is 15.8. The fraction of sp³-hybridized carbons (Fsp3) is 0.400. The molecule has 3 aromatic rings. The summed E-state index contributed by atoms with van der Waals surface area (Å²) in [5, 5.41) is 8.91. The number of nitrogens with one attached hydrogen (secondary N) is 1. The molecular formula is C20H23N3O5S. The van der Waals surface area contributed by atoms with E-state index in [-0.39, 0.29) is 29.9 Å². The van der Waals surface area contributed by atoms with Crippen molar-refractivity contribution >= 4 is 28.2 Å². The summed E-state index contributed by atoms with van der Waals surface area (Å²) in [5.41, 5.74) is 0.644. The molecule has 3 heterocycles. The molecule has 1 amide bonds. The highest BCUT2D eigenvalue weighted by Crippen LogP contribution is 2.36. The van der Waals surface area contributed by atoms with Crippen molar-refractivity contribution in [2.75, 3.05) is 11.9 Å². The van der Waals surface area contributed by atoms with E-state index in [4.69, 9.17) is 13.7 Å². The summed E-state index contributed by atoms with van der Waals surface area (Å²) in [6, 6.07) is 3.48. The Morgan fingerprint density at radius 1 is 1.31 bits per heavy atom. The maximum absolute atomic E-state index is 12.5. The summed E-state index contributed by atoms with van der Waals surface area (Å²) >= 11 is 1.24. The summed E-state index contributed by atoms with van der Waals surface area (Å²) in [7, 11) is 0. The Morgan fingerprint density at radius 2 is 2.10 bits per heavy atom. The average molecular weight is 417 g/mol. The lowest BCUT2D eigenvalue weighted by molar-refractivity contribution is -0.116. The van der Waals surface area contributed by atoms with Crippen molar-refractivity contribution in [3.8, 4) is 11.3 Å². The number of thiophene rings is 1. The molecule has 0 fully saturated rings. The Balaban J connectivity index is 1.71. The first-order valence-corrected chi connectivity index (χ1v) is 10.1. The zero-order chi connectivity index (χ0) is 21.0. The van der Waals surface area contributed by atoms with Crippen LogP contribution in [0.5, 0.6) is 0 Å². The Kier molecular flexibility index (Phi) is 6.17. The number of amides is 1. The van der Waals surface area contributed by atoms with E-state index in [9.17, 15) is 9.59 Å². The van der Waals surface area contributed by atoms with Crippen molar-refractivity contribution in [1.82, 2.24) is 10.1 Å². The SMILES string of the molecule is CCOC(=O)c1c(-c2ccco2)csc1NC(=O)CCc1nc(C(C)(C)C)no1. The van der Waals surface area contributed by atoms with Crippen molar-refractivity contribution in [3.05, 3.63) is 41.1 Å². The van der Waals surface area contributed by atoms with Gasteiger partial charge < -0.3 is 19.0 Å². The van der Waals surface area contributed by atoms with Crippen LogP contribution < -0.4 is 5.32 Å². The molecule has 3 aromatic heterocycles. The minimum Gasteiger partial charge on any atom is -0.464 e. The Bertz CT molecular complexity index is 982. The molecule has 3 rings (SSSR count). The van der Waals surface area contributed by atoms with Crippen LogP contribution in [0.2, 0.25) is 0 Å². The average Bonchev–Trinajstić information content (AvgIpc) is 3.39. The monoisotopic (exact) mass is 417 g/mol. The van der Waals surface area contributed by atoms with Crippen LogP contribution in [0.25, 0.3) is 11.3 Å². The van der Waals surface area contributed by atoms with E-state index in [0.717, 1.165) is 0 Å². The van der Waals surface area contributed by atoms with Gasteiger partial charge >= 0.3 is 5.97 Å². The number of anilines is 1. The van der Waals surface area contributed by atoms with Crippen LogP contribution in [0, 0.1) is 0 Å². The van der Waals surface area contributed by atoms with Gasteiger partial charge in [0.05, 0.1) is 12.9 Å². The Hall–Kier alpha value is -2.94. The molecule has 9 heteroatoms. The topological polar surface area (TPSA) is 107 Å². The molecule has 154 valence electrons. The predicted molar refractivity (Wildman–Crippen MR) is 108 cm³/mol. The molecule has 0 unspecified atom stereocenters. The second-order valence-corrected chi connectivity index (χ2v) is 8.24. The van der Waals surface area contributed by atoms with Gasteiger partial charge in [-0.1, -0.05) is 25.9 Å². The highest BCUT2D eigenvalue weighted by Gasteiger charge is 2.25. The number of esters is 1. The highest BCUT2D eigenvalue weighted by atomic mass is 32.1. The second-order valence-electron chi connectivity index (χ2n) is 7.36. The van der Waals surface area contributed by atoms with E-state index >= 15 is 0 Å². The maximum Gasteiger partial charge on any atom is 0.341 e. The number of aryl methyl sites for hydroxylation is 1. The van der Waals surface area contributed by atoms with Crippen LogP contribution in [0.1, 0.15) is 56.2 Å². The van der Waals surface area contributed by atoms with Gasteiger partial charge in [-0.25, -0.2) is 4.79 Å². The highest BCUT2D eigenvalue weighted by molar-refractivity contribution is 7.15. The minimum atomic E-state index is -0.512. The second kappa shape index (κ2) is 8.60. The number of carbonyl (C=O) groups is 2. The number of hydrogen-bond acceptors (Lipinski definition) is 8. The van der Waals surface area contributed by atoms with Gasteiger partial charge in [0.25, 0.3) is 0 Å². The van der Waals surface area contributed by atoms with Crippen LogP contribution in [0.4, 0.5) is 5.00 Å². The van der Waals surface area contributed by atoms with Gasteiger partial charge in [-0.05, 0) is 19.1 Å². The van der Waals surface area contributed by atoms with E-state index in [1.165, 1.54) is 17.6 Å². The normalized spacial score (nSPS) is 11.4. The molecule has 0 aliphatic carbocycles. The van der Waals surface area contributed by atoms with Gasteiger partial charge in [0.2, 0.25) is 11.8 Å². The van der Waals surface area contributed by atoms with Crippen LogP contribution in [-0.4, -0.2) is 28.6 Å². The summed E-state index contributed by atoms with van der Waals surface area (Å²) in [5.74, 6) is 0.753. The van der Waals surface area contributed by atoms with Crippen LogP contribution >= 0.6 is 11.3 Å². The Morgan fingerprint density at radius 3 is 2.72 bits per heavy atom. The maximum atomic E-state index is 12.5. The molecule has 0 atom stereocenters. The molecule has 0 saturated heterocycles. The van der Waals surface area contributed by atoms with E-state index in [0.29, 0.717) is 34.5 Å². The largest absolute Gasteiger partial charge is 0.464 e. The van der Waals surface area contributed by atoms with Crippen molar-refractivity contribution in [2.24, 2.45) is 0 Å².